The number of fused-ring (bicyclic) bond motifs is 1. The Hall–Kier alpha value is -3.59. The lowest BCUT2D eigenvalue weighted by Crippen LogP contribution is -2.40. The van der Waals surface area contributed by atoms with Crippen LogP contribution in [0.1, 0.15) is 25.3 Å². The van der Waals surface area contributed by atoms with Gasteiger partial charge in [-0.2, -0.15) is 10.2 Å². The normalized spacial score (nSPS) is 14.1. The first kappa shape index (κ1) is 19.4. The van der Waals surface area contributed by atoms with Gasteiger partial charge in [0.2, 0.25) is 0 Å². The zero-order valence-electron chi connectivity index (χ0n) is 17.7. The predicted molar refractivity (Wildman–Crippen MR) is 119 cm³/mol. The molecule has 0 radical (unpaired) electrons. The molecular weight excluding hydrogens is 392 g/mol. The van der Waals surface area contributed by atoms with Crippen molar-refractivity contribution in [2.75, 3.05) is 23.8 Å². The number of pyridine rings is 2. The van der Waals surface area contributed by atoms with Gasteiger partial charge in [0.25, 0.3) is 0 Å². The fourth-order valence-corrected chi connectivity index (χ4v) is 3.43. The molecule has 31 heavy (non-hydrogen) atoms. The Labute approximate surface area is 179 Å². The van der Waals surface area contributed by atoms with Gasteiger partial charge in [0.1, 0.15) is 5.82 Å². The van der Waals surface area contributed by atoms with Gasteiger partial charge in [-0.1, -0.05) is 13.8 Å². The molecule has 0 amide bonds. The highest BCUT2D eigenvalue weighted by atomic mass is 16.5. The second kappa shape index (κ2) is 7.92. The van der Waals surface area contributed by atoms with E-state index in [0.717, 1.165) is 33.5 Å². The average Bonchev–Trinajstić information content (AvgIpc) is 3.10. The number of nitrogens with zero attached hydrogens (tertiary/aromatic N) is 6. The lowest BCUT2D eigenvalue weighted by atomic mass is 10.1. The van der Waals surface area contributed by atoms with E-state index in [0.29, 0.717) is 36.8 Å². The number of ether oxygens (including phenoxy) is 1. The molecule has 0 aromatic carbocycles. The standard InChI is InChI=1S/C22H24N8O/c1-13(2)14-7-21(28-24-9-14)27-20-5-4-18-19(26-20)6-15(8-23-18)17-10-30(3)29-22(17)25-16-11-31-12-16/h4-10,13,16H,11-12H2,1-3H3,(H,25,29)(H,26,27,28). The topological polar surface area (TPSA) is 103 Å². The molecule has 1 fully saturated rings. The van der Waals surface area contributed by atoms with E-state index in [9.17, 15) is 0 Å². The smallest absolute Gasteiger partial charge is 0.156 e. The molecule has 9 nitrogen and oxygen atoms in total. The molecule has 9 heteroatoms. The quantitative estimate of drug-likeness (QED) is 0.492. The summed E-state index contributed by atoms with van der Waals surface area (Å²) in [5.74, 6) is 2.56. The summed E-state index contributed by atoms with van der Waals surface area (Å²) in [6, 6.07) is 8.16. The third kappa shape index (κ3) is 4.04. The molecule has 1 aliphatic heterocycles. The van der Waals surface area contributed by atoms with Crippen LogP contribution in [0.15, 0.2) is 42.9 Å². The lowest BCUT2D eigenvalue weighted by molar-refractivity contribution is 0.0209. The van der Waals surface area contributed by atoms with E-state index in [1.807, 2.05) is 43.7 Å². The Balaban J connectivity index is 1.45. The maximum absolute atomic E-state index is 5.26. The number of rotatable bonds is 6. The van der Waals surface area contributed by atoms with Gasteiger partial charge in [0.15, 0.2) is 11.6 Å². The van der Waals surface area contributed by atoms with E-state index in [1.54, 1.807) is 10.9 Å². The van der Waals surface area contributed by atoms with Crippen LogP contribution in [0.2, 0.25) is 0 Å². The van der Waals surface area contributed by atoms with Gasteiger partial charge < -0.3 is 15.4 Å². The highest BCUT2D eigenvalue weighted by molar-refractivity contribution is 5.84. The lowest BCUT2D eigenvalue weighted by Gasteiger charge is -2.27. The molecular formula is C22H24N8O. The Kier molecular flexibility index (Phi) is 4.95. The molecule has 0 unspecified atom stereocenters. The van der Waals surface area contributed by atoms with Crippen LogP contribution in [0.5, 0.6) is 0 Å². The maximum Gasteiger partial charge on any atom is 0.156 e. The van der Waals surface area contributed by atoms with Gasteiger partial charge in [-0.15, -0.1) is 5.10 Å². The van der Waals surface area contributed by atoms with Crippen LogP contribution < -0.4 is 10.6 Å². The molecule has 158 valence electrons. The van der Waals surface area contributed by atoms with Crippen LogP contribution in [-0.2, 0) is 11.8 Å². The number of nitrogens with one attached hydrogen (secondary N) is 2. The highest BCUT2D eigenvalue weighted by Crippen LogP contribution is 2.29. The third-order valence-corrected chi connectivity index (χ3v) is 5.25. The van der Waals surface area contributed by atoms with Gasteiger partial charge in [0.05, 0.1) is 36.5 Å². The average molecular weight is 416 g/mol. The van der Waals surface area contributed by atoms with Crippen molar-refractivity contribution >= 4 is 28.5 Å². The summed E-state index contributed by atoms with van der Waals surface area (Å²) in [5, 5.41) is 19.5. The minimum atomic E-state index is 0.290. The van der Waals surface area contributed by atoms with Crippen LogP contribution in [0.3, 0.4) is 0 Å². The van der Waals surface area contributed by atoms with Crippen molar-refractivity contribution in [2.24, 2.45) is 7.05 Å². The fraction of sp³-hybridized carbons (Fsp3) is 0.318. The molecule has 5 rings (SSSR count). The molecule has 5 heterocycles. The zero-order valence-corrected chi connectivity index (χ0v) is 17.7. The molecule has 4 aromatic rings. The molecule has 1 aliphatic rings. The first-order valence-electron chi connectivity index (χ1n) is 10.3. The number of aromatic nitrogens is 6. The van der Waals surface area contributed by atoms with E-state index in [4.69, 9.17) is 9.72 Å². The molecule has 0 atom stereocenters. The van der Waals surface area contributed by atoms with Crippen LogP contribution in [-0.4, -0.2) is 49.2 Å². The molecule has 0 aliphatic carbocycles. The van der Waals surface area contributed by atoms with E-state index >= 15 is 0 Å². The van der Waals surface area contributed by atoms with E-state index < -0.39 is 0 Å². The number of anilines is 3. The van der Waals surface area contributed by atoms with Crippen molar-refractivity contribution in [1.82, 2.24) is 29.9 Å². The molecule has 0 bridgehead atoms. The van der Waals surface area contributed by atoms with Crippen molar-refractivity contribution in [3.63, 3.8) is 0 Å². The molecule has 1 saturated heterocycles. The minimum Gasteiger partial charge on any atom is -0.377 e. The monoisotopic (exact) mass is 416 g/mol. The predicted octanol–water partition coefficient (Wildman–Crippen LogP) is 3.50. The summed E-state index contributed by atoms with van der Waals surface area (Å²) in [6.07, 6.45) is 5.63. The van der Waals surface area contributed by atoms with Gasteiger partial charge in [-0.3, -0.25) is 9.67 Å². The largest absolute Gasteiger partial charge is 0.377 e. The first-order chi connectivity index (χ1) is 15.0. The van der Waals surface area contributed by atoms with Gasteiger partial charge >= 0.3 is 0 Å². The zero-order chi connectivity index (χ0) is 21.4. The second-order valence-corrected chi connectivity index (χ2v) is 8.06. The van der Waals surface area contributed by atoms with Crippen LogP contribution in [0.25, 0.3) is 22.2 Å². The summed E-state index contributed by atoms with van der Waals surface area (Å²) >= 11 is 0. The van der Waals surface area contributed by atoms with Crippen molar-refractivity contribution in [1.29, 1.82) is 0 Å². The molecule has 2 N–H and O–H groups in total. The Morgan fingerprint density at radius 2 is 1.97 bits per heavy atom. The van der Waals surface area contributed by atoms with Gasteiger partial charge in [-0.25, -0.2) is 4.98 Å². The van der Waals surface area contributed by atoms with E-state index in [2.05, 4.69) is 44.8 Å². The maximum atomic E-state index is 5.26. The summed E-state index contributed by atoms with van der Waals surface area (Å²) in [5.41, 5.74) is 4.67. The van der Waals surface area contributed by atoms with Gasteiger partial charge in [0, 0.05) is 30.6 Å². The summed E-state index contributed by atoms with van der Waals surface area (Å²) in [4.78, 5) is 9.35. The molecule has 0 spiro atoms. The Bertz CT molecular complexity index is 1230. The molecule has 4 aromatic heterocycles. The number of aryl methyl sites for hydroxylation is 1. The van der Waals surface area contributed by atoms with Crippen LogP contribution in [0.4, 0.5) is 17.5 Å². The SMILES string of the molecule is CC(C)c1cnnc(Nc2ccc3ncc(-c4cn(C)nc4NC4COC4)cc3n2)c1. The first-order valence-corrected chi connectivity index (χ1v) is 10.3. The fourth-order valence-electron chi connectivity index (χ4n) is 3.43. The minimum absolute atomic E-state index is 0.290. The summed E-state index contributed by atoms with van der Waals surface area (Å²) < 4.78 is 7.06. The van der Waals surface area contributed by atoms with Crippen molar-refractivity contribution in [3.8, 4) is 11.1 Å². The highest BCUT2D eigenvalue weighted by Gasteiger charge is 2.21. The molecule has 0 saturated carbocycles. The summed E-state index contributed by atoms with van der Waals surface area (Å²) in [7, 11) is 1.91. The van der Waals surface area contributed by atoms with Crippen LogP contribution in [0, 0.1) is 0 Å². The second-order valence-electron chi connectivity index (χ2n) is 8.06. The Morgan fingerprint density at radius 1 is 1.10 bits per heavy atom. The number of hydrogen-bond acceptors (Lipinski definition) is 8. The summed E-state index contributed by atoms with van der Waals surface area (Å²) in [6.45, 7) is 5.65. The van der Waals surface area contributed by atoms with Crippen molar-refractivity contribution < 1.29 is 4.74 Å². The van der Waals surface area contributed by atoms with Gasteiger partial charge in [-0.05, 0) is 35.7 Å². The van der Waals surface area contributed by atoms with E-state index in [1.165, 1.54) is 0 Å². The van der Waals surface area contributed by atoms with Crippen molar-refractivity contribution in [3.05, 3.63) is 48.4 Å². The Morgan fingerprint density at radius 3 is 2.74 bits per heavy atom. The van der Waals surface area contributed by atoms with E-state index in [-0.39, 0.29) is 0 Å². The number of hydrogen-bond donors (Lipinski definition) is 2. The third-order valence-electron chi connectivity index (χ3n) is 5.25. The van der Waals surface area contributed by atoms with Crippen molar-refractivity contribution in [2.45, 2.75) is 25.8 Å². The van der Waals surface area contributed by atoms with Crippen LogP contribution >= 0.6 is 0 Å².